The van der Waals surface area contributed by atoms with E-state index in [1.165, 1.54) is 0 Å². The smallest absolute Gasteiger partial charge is 0.263 e. The highest BCUT2D eigenvalue weighted by Crippen LogP contribution is 2.24. The minimum atomic E-state index is -0.0825. The van der Waals surface area contributed by atoms with Crippen molar-refractivity contribution in [1.29, 1.82) is 5.26 Å². The lowest BCUT2D eigenvalue weighted by Gasteiger charge is -2.17. The van der Waals surface area contributed by atoms with E-state index in [0.29, 0.717) is 46.9 Å². The number of nitriles is 1. The molecule has 5 heterocycles. The number of anilines is 2. The number of rotatable bonds is 7. The first-order valence-electron chi connectivity index (χ1n) is 18.6. The Labute approximate surface area is 322 Å². The lowest BCUT2D eigenvalue weighted by molar-refractivity contribution is 0.765. The van der Waals surface area contributed by atoms with Gasteiger partial charge in [0.05, 0.1) is 40.0 Å². The molecule has 4 aromatic carbocycles. The van der Waals surface area contributed by atoms with Crippen LogP contribution < -0.4 is 20.9 Å². The van der Waals surface area contributed by atoms with Crippen LogP contribution in [0, 0.1) is 25.2 Å². The minimum absolute atomic E-state index is 0.0587. The second-order valence-electron chi connectivity index (χ2n) is 14.3. The zero-order valence-corrected chi connectivity index (χ0v) is 31.8. The van der Waals surface area contributed by atoms with Crippen molar-refractivity contribution in [3.63, 3.8) is 0 Å². The summed E-state index contributed by atoms with van der Waals surface area (Å²) in [5.74, 6) is 2.56. The fourth-order valence-corrected chi connectivity index (χ4v) is 7.27. The highest BCUT2D eigenvalue weighted by Gasteiger charge is 2.23. The summed E-state index contributed by atoms with van der Waals surface area (Å²) in [6, 6.07) is 31.2. The molecule has 0 spiro atoms. The van der Waals surface area contributed by atoms with Crippen molar-refractivity contribution >= 4 is 51.3 Å². The van der Waals surface area contributed by atoms with Crippen LogP contribution in [0.15, 0.2) is 107 Å². The van der Waals surface area contributed by atoms with E-state index in [0.717, 1.165) is 65.2 Å². The Morgan fingerprint density at radius 1 is 0.732 bits per heavy atom. The molecular weight excluding hydrogens is 703 g/mol. The molecule has 0 aliphatic carbocycles. The number of allylic oxidation sites excluding steroid dienone is 1. The van der Waals surface area contributed by atoms with Crippen LogP contribution in [0.25, 0.3) is 39.4 Å². The molecule has 0 saturated carbocycles. The predicted octanol–water partition coefficient (Wildman–Crippen LogP) is 6.00. The third-order valence-corrected chi connectivity index (χ3v) is 10.1. The highest BCUT2D eigenvalue weighted by atomic mass is 16.1. The standard InChI is InChI=1S/C22H20N6O.C21H21N5O/c1-15-4-9-19-18(12-15)20(29)27(14-17-7-5-16(13-23)6-8-17)22-25-24-21(28(19)22)26-10-2-3-11-26;1-15-11-12-18-17(14-15)19(27)25(13-7-10-16-8-5-4-6-9-16)21-23-22-20(24(2)3)26(18)21/h4-9,12H,2-3,10-11,14H2,1H3;4-12,14H,13H2,1-3H3. The van der Waals surface area contributed by atoms with E-state index in [1.807, 2.05) is 133 Å². The average Bonchev–Trinajstić information content (AvgIpc) is 4.00. The fourth-order valence-electron chi connectivity index (χ4n) is 7.27. The Bertz CT molecular complexity index is 2920. The molecule has 0 N–H and O–H groups in total. The van der Waals surface area contributed by atoms with E-state index in [9.17, 15) is 9.59 Å². The number of nitrogens with zero attached hydrogens (tertiary/aromatic N) is 11. The normalized spacial score (nSPS) is 12.9. The molecule has 13 nitrogen and oxygen atoms in total. The van der Waals surface area contributed by atoms with Gasteiger partial charge in [-0.05, 0) is 74.2 Å². The molecule has 0 atom stereocenters. The van der Waals surface area contributed by atoms with Crippen LogP contribution >= 0.6 is 0 Å². The number of aryl methyl sites for hydroxylation is 2. The van der Waals surface area contributed by atoms with Crippen LogP contribution in [-0.4, -0.2) is 65.5 Å². The molecule has 1 saturated heterocycles. The molecule has 0 bridgehead atoms. The van der Waals surface area contributed by atoms with Crippen molar-refractivity contribution in [3.8, 4) is 6.07 Å². The third kappa shape index (κ3) is 6.66. The first-order valence-corrected chi connectivity index (χ1v) is 18.6. The quantitative estimate of drug-likeness (QED) is 0.193. The Morgan fingerprint density at radius 3 is 1.98 bits per heavy atom. The SMILES string of the molecule is Cc1ccc2c(c1)c(=O)n(CC=Cc1ccccc1)c1nnc(N(C)C)n21.Cc1ccc2c(c1)c(=O)n(Cc1ccc(C#N)cc1)c1nnc(N3CCCC3)n21. The number of hydrogen-bond donors (Lipinski definition) is 0. The Morgan fingerprint density at radius 2 is 1.34 bits per heavy atom. The van der Waals surface area contributed by atoms with Crippen LogP contribution in [0.5, 0.6) is 0 Å². The molecule has 1 fully saturated rings. The molecule has 13 heteroatoms. The molecule has 0 unspecified atom stereocenters. The van der Waals surface area contributed by atoms with E-state index in [-0.39, 0.29) is 11.1 Å². The maximum atomic E-state index is 13.4. The maximum Gasteiger partial charge on any atom is 0.263 e. The van der Waals surface area contributed by atoms with Gasteiger partial charge in [0.15, 0.2) is 0 Å². The van der Waals surface area contributed by atoms with Gasteiger partial charge in [-0.25, -0.2) is 8.80 Å². The Balaban J connectivity index is 0.000000158. The summed E-state index contributed by atoms with van der Waals surface area (Å²) in [6.45, 7) is 6.66. The van der Waals surface area contributed by atoms with Gasteiger partial charge < -0.3 is 9.80 Å². The lowest BCUT2D eigenvalue weighted by atomic mass is 10.1. The Hall–Kier alpha value is -7.07. The molecule has 0 amide bonds. The lowest BCUT2D eigenvalue weighted by Crippen LogP contribution is -2.26. The van der Waals surface area contributed by atoms with Gasteiger partial charge in [-0.3, -0.25) is 18.7 Å². The molecule has 56 heavy (non-hydrogen) atoms. The topological polar surface area (TPSA) is 135 Å². The van der Waals surface area contributed by atoms with Gasteiger partial charge in [-0.15, -0.1) is 20.4 Å². The average molecular weight is 744 g/mol. The van der Waals surface area contributed by atoms with Crippen LogP contribution in [0.2, 0.25) is 0 Å². The van der Waals surface area contributed by atoms with Crippen LogP contribution in [0.4, 0.5) is 11.9 Å². The van der Waals surface area contributed by atoms with Crippen LogP contribution in [0.1, 0.15) is 40.7 Å². The van der Waals surface area contributed by atoms with Gasteiger partial charge in [0.25, 0.3) is 11.1 Å². The number of benzene rings is 4. The van der Waals surface area contributed by atoms with Crippen molar-refractivity contribution in [3.05, 3.63) is 146 Å². The van der Waals surface area contributed by atoms with E-state index < -0.39 is 0 Å². The molecule has 1 aliphatic heterocycles. The molecule has 9 rings (SSSR count). The zero-order valence-electron chi connectivity index (χ0n) is 31.8. The fraction of sp³-hybridized carbons (Fsp3) is 0.233. The number of aromatic nitrogens is 8. The number of fused-ring (bicyclic) bond motifs is 6. The first kappa shape index (κ1) is 35.9. The monoisotopic (exact) mass is 743 g/mol. The predicted molar refractivity (Wildman–Crippen MR) is 220 cm³/mol. The molecule has 8 aromatic rings. The molecular formula is C43H41N11O2. The summed E-state index contributed by atoms with van der Waals surface area (Å²) in [6.07, 6.45) is 6.25. The summed E-state index contributed by atoms with van der Waals surface area (Å²) >= 11 is 0. The molecule has 0 radical (unpaired) electrons. The van der Waals surface area contributed by atoms with E-state index in [1.54, 1.807) is 21.3 Å². The van der Waals surface area contributed by atoms with Gasteiger partial charge >= 0.3 is 0 Å². The molecule has 1 aliphatic rings. The van der Waals surface area contributed by atoms with Crippen molar-refractivity contribution in [2.75, 3.05) is 37.0 Å². The largest absolute Gasteiger partial charge is 0.347 e. The van der Waals surface area contributed by atoms with Crippen molar-refractivity contribution in [1.82, 2.24) is 38.3 Å². The van der Waals surface area contributed by atoms with Crippen LogP contribution in [-0.2, 0) is 13.1 Å². The van der Waals surface area contributed by atoms with Crippen LogP contribution in [0.3, 0.4) is 0 Å². The second kappa shape index (κ2) is 15.0. The van der Waals surface area contributed by atoms with E-state index in [2.05, 4.69) is 31.4 Å². The third-order valence-electron chi connectivity index (χ3n) is 10.1. The second-order valence-corrected chi connectivity index (χ2v) is 14.3. The summed E-state index contributed by atoms with van der Waals surface area (Å²) < 4.78 is 7.29. The summed E-state index contributed by atoms with van der Waals surface area (Å²) in [5.41, 5.74) is 6.21. The Kier molecular flexibility index (Phi) is 9.62. The molecule has 4 aromatic heterocycles. The van der Waals surface area contributed by atoms with Gasteiger partial charge in [0.1, 0.15) is 0 Å². The van der Waals surface area contributed by atoms with Gasteiger partial charge in [-0.1, -0.05) is 77.9 Å². The van der Waals surface area contributed by atoms with Gasteiger partial charge in [0, 0.05) is 33.7 Å². The highest BCUT2D eigenvalue weighted by molar-refractivity contribution is 5.83. The van der Waals surface area contributed by atoms with Crippen molar-refractivity contribution in [2.24, 2.45) is 0 Å². The van der Waals surface area contributed by atoms with E-state index >= 15 is 0 Å². The maximum absolute atomic E-state index is 13.4. The summed E-state index contributed by atoms with van der Waals surface area (Å²) in [7, 11) is 3.84. The van der Waals surface area contributed by atoms with Gasteiger partial charge in [0.2, 0.25) is 23.5 Å². The summed E-state index contributed by atoms with van der Waals surface area (Å²) in [4.78, 5) is 30.6. The van der Waals surface area contributed by atoms with Crippen molar-refractivity contribution in [2.45, 2.75) is 39.8 Å². The van der Waals surface area contributed by atoms with Crippen molar-refractivity contribution < 1.29 is 0 Å². The summed E-state index contributed by atoms with van der Waals surface area (Å²) in [5, 5.41) is 27.8. The first-order chi connectivity index (χ1) is 27.2. The minimum Gasteiger partial charge on any atom is -0.347 e. The van der Waals surface area contributed by atoms with Gasteiger partial charge in [-0.2, -0.15) is 5.26 Å². The number of hydrogen-bond acceptors (Lipinski definition) is 9. The van der Waals surface area contributed by atoms with E-state index in [4.69, 9.17) is 5.26 Å². The molecule has 280 valence electrons. The zero-order chi connectivity index (χ0) is 38.9.